The maximum Gasteiger partial charge on any atom is 0.318 e. The molecule has 16 heavy (non-hydrogen) atoms. The first-order chi connectivity index (χ1) is 7.58. The van der Waals surface area contributed by atoms with Gasteiger partial charge in [0.15, 0.2) is 5.82 Å². The Kier molecular flexibility index (Phi) is 4.79. The highest BCUT2D eigenvalue weighted by atomic mass is 32.2. The summed E-state index contributed by atoms with van der Waals surface area (Å²) >= 11 is 1.44. The average molecular weight is 244 g/mol. The fourth-order valence-electron chi connectivity index (χ4n) is 1.16. The van der Waals surface area contributed by atoms with E-state index in [0.717, 1.165) is 6.42 Å². The van der Waals surface area contributed by atoms with E-state index in [4.69, 9.17) is 4.52 Å². The van der Waals surface area contributed by atoms with Crippen LogP contribution in [-0.2, 0) is 16.0 Å². The van der Waals surface area contributed by atoms with Crippen LogP contribution in [-0.4, -0.2) is 28.5 Å². The predicted octanol–water partition coefficient (Wildman–Crippen LogP) is 1.99. The lowest BCUT2D eigenvalue weighted by Crippen LogP contribution is -2.15. The van der Waals surface area contributed by atoms with E-state index in [2.05, 4.69) is 14.9 Å². The molecule has 0 amide bonds. The minimum atomic E-state index is -0.243. The molecule has 2 atom stereocenters. The standard InChI is InChI=1S/C10H16N2O3S/c1-5-8-11-9(15-12-8)6(2)16-7(3)10(13)14-4/h6-7H,5H2,1-4H3/t6-,7-/m0/s1. The zero-order chi connectivity index (χ0) is 12.1. The van der Waals surface area contributed by atoms with Crippen molar-refractivity contribution in [3.8, 4) is 0 Å². The van der Waals surface area contributed by atoms with E-state index in [0.29, 0.717) is 11.7 Å². The van der Waals surface area contributed by atoms with E-state index in [1.54, 1.807) is 6.92 Å². The van der Waals surface area contributed by atoms with Crippen molar-refractivity contribution in [1.82, 2.24) is 10.1 Å². The minimum Gasteiger partial charge on any atom is -0.468 e. The van der Waals surface area contributed by atoms with Crippen molar-refractivity contribution in [2.75, 3.05) is 7.11 Å². The summed E-state index contributed by atoms with van der Waals surface area (Å²) in [6, 6.07) is 0. The van der Waals surface area contributed by atoms with Crippen LogP contribution in [0.4, 0.5) is 0 Å². The highest BCUT2D eigenvalue weighted by molar-refractivity contribution is 8.00. The van der Waals surface area contributed by atoms with E-state index >= 15 is 0 Å². The van der Waals surface area contributed by atoms with E-state index in [-0.39, 0.29) is 16.5 Å². The zero-order valence-corrected chi connectivity index (χ0v) is 10.7. The molecule has 0 N–H and O–H groups in total. The lowest BCUT2D eigenvalue weighted by Gasteiger charge is -2.11. The molecule has 0 unspecified atom stereocenters. The van der Waals surface area contributed by atoms with Gasteiger partial charge in [-0.05, 0) is 13.8 Å². The number of aromatic nitrogens is 2. The Labute approximate surface area is 98.9 Å². The van der Waals surface area contributed by atoms with Gasteiger partial charge in [0, 0.05) is 6.42 Å². The van der Waals surface area contributed by atoms with Crippen molar-refractivity contribution in [2.45, 2.75) is 37.7 Å². The van der Waals surface area contributed by atoms with E-state index in [9.17, 15) is 4.79 Å². The van der Waals surface area contributed by atoms with Crippen LogP contribution in [0.25, 0.3) is 0 Å². The molecule has 0 aromatic carbocycles. The molecule has 0 aliphatic heterocycles. The van der Waals surface area contributed by atoms with Gasteiger partial charge in [-0.2, -0.15) is 4.98 Å². The Hall–Kier alpha value is -1.04. The second-order valence-corrected chi connectivity index (χ2v) is 5.03. The van der Waals surface area contributed by atoms with Gasteiger partial charge in [0.05, 0.1) is 12.4 Å². The maximum atomic E-state index is 11.2. The van der Waals surface area contributed by atoms with Gasteiger partial charge in [-0.3, -0.25) is 4.79 Å². The zero-order valence-electron chi connectivity index (χ0n) is 9.89. The summed E-state index contributed by atoms with van der Waals surface area (Å²) in [5.41, 5.74) is 0. The highest BCUT2D eigenvalue weighted by Gasteiger charge is 2.21. The molecule has 0 bridgehead atoms. The van der Waals surface area contributed by atoms with Crippen LogP contribution in [0.2, 0.25) is 0 Å². The quantitative estimate of drug-likeness (QED) is 0.738. The number of carbonyl (C=O) groups is 1. The smallest absolute Gasteiger partial charge is 0.318 e. The number of thioether (sulfide) groups is 1. The molecule has 6 heteroatoms. The number of carbonyl (C=O) groups excluding carboxylic acids is 1. The number of methoxy groups -OCH3 is 1. The Morgan fingerprint density at radius 3 is 2.75 bits per heavy atom. The summed E-state index contributed by atoms with van der Waals surface area (Å²) in [7, 11) is 1.38. The van der Waals surface area contributed by atoms with Crippen molar-refractivity contribution in [3.05, 3.63) is 11.7 Å². The summed E-state index contributed by atoms with van der Waals surface area (Å²) in [6.45, 7) is 5.69. The van der Waals surface area contributed by atoms with Crippen molar-refractivity contribution in [2.24, 2.45) is 0 Å². The molecule has 0 fully saturated rings. The third-order valence-electron chi connectivity index (χ3n) is 2.09. The normalized spacial score (nSPS) is 14.5. The first kappa shape index (κ1) is 13.0. The summed E-state index contributed by atoms with van der Waals surface area (Å²) < 4.78 is 9.75. The second kappa shape index (κ2) is 5.89. The number of nitrogens with zero attached hydrogens (tertiary/aromatic N) is 2. The van der Waals surface area contributed by atoms with E-state index in [1.807, 2.05) is 13.8 Å². The van der Waals surface area contributed by atoms with Gasteiger partial charge in [-0.15, -0.1) is 11.8 Å². The van der Waals surface area contributed by atoms with Crippen molar-refractivity contribution >= 4 is 17.7 Å². The summed E-state index contributed by atoms with van der Waals surface area (Å²) in [4.78, 5) is 15.4. The monoisotopic (exact) mass is 244 g/mol. The highest BCUT2D eigenvalue weighted by Crippen LogP contribution is 2.30. The lowest BCUT2D eigenvalue weighted by molar-refractivity contribution is -0.139. The predicted molar refractivity (Wildman–Crippen MR) is 61.2 cm³/mol. The van der Waals surface area contributed by atoms with E-state index < -0.39 is 0 Å². The number of hydrogen-bond acceptors (Lipinski definition) is 6. The number of ether oxygens (including phenoxy) is 1. The van der Waals surface area contributed by atoms with Crippen LogP contribution >= 0.6 is 11.8 Å². The molecule has 0 saturated carbocycles. The van der Waals surface area contributed by atoms with Crippen LogP contribution in [0.5, 0.6) is 0 Å². The molecule has 0 saturated heterocycles. The van der Waals surface area contributed by atoms with Gasteiger partial charge in [0.1, 0.15) is 5.25 Å². The lowest BCUT2D eigenvalue weighted by atomic mass is 10.4. The van der Waals surface area contributed by atoms with Gasteiger partial charge >= 0.3 is 5.97 Å². The first-order valence-corrected chi connectivity index (χ1v) is 6.08. The largest absolute Gasteiger partial charge is 0.468 e. The number of rotatable bonds is 5. The molecular formula is C10H16N2O3S. The maximum absolute atomic E-state index is 11.2. The van der Waals surface area contributed by atoms with Gasteiger partial charge in [-0.1, -0.05) is 12.1 Å². The fourth-order valence-corrected chi connectivity index (χ4v) is 2.19. The van der Waals surface area contributed by atoms with Crippen LogP contribution in [0.1, 0.15) is 37.7 Å². The molecule has 1 aromatic rings. The van der Waals surface area contributed by atoms with Crippen LogP contribution in [0.3, 0.4) is 0 Å². The van der Waals surface area contributed by atoms with Gasteiger partial charge in [0.25, 0.3) is 0 Å². The molecule has 1 heterocycles. The molecule has 90 valence electrons. The first-order valence-electron chi connectivity index (χ1n) is 5.14. The van der Waals surface area contributed by atoms with E-state index in [1.165, 1.54) is 18.9 Å². The number of esters is 1. The third kappa shape index (κ3) is 3.23. The molecule has 1 rings (SSSR count). The Morgan fingerprint density at radius 2 is 2.25 bits per heavy atom. The van der Waals surface area contributed by atoms with Crippen LogP contribution < -0.4 is 0 Å². The molecule has 0 radical (unpaired) electrons. The number of aryl methyl sites for hydroxylation is 1. The molecular weight excluding hydrogens is 228 g/mol. The molecule has 0 aliphatic carbocycles. The fraction of sp³-hybridized carbons (Fsp3) is 0.700. The molecule has 1 aromatic heterocycles. The molecule has 0 aliphatic rings. The Balaban J connectivity index is 2.57. The van der Waals surface area contributed by atoms with Crippen LogP contribution in [0.15, 0.2) is 4.52 Å². The summed E-state index contributed by atoms with van der Waals surface area (Å²) in [6.07, 6.45) is 0.743. The SMILES string of the molecule is CCc1noc([C@H](C)S[C@@H](C)C(=O)OC)n1. The minimum absolute atomic E-state index is 0.0121. The van der Waals surface area contributed by atoms with Crippen LogP contribution in [0, 0.1) is 0 Å². The van der Waals surface area contributed by atoms with Gasteiger partial charge < -0.3 is 9.26 Å². The Morgan fingerprint density at radius 1 is 1.56 bits per heavy atom. The van der Waals surface area contributed by atoms with Crippen molar-refractivity contribution in [1.29, 1.82) is 0 Å². The molecule has 5 nitrogen and oxygen atoms in total. The van der Waals surface area contributed by atoms with Crippen molar-refractivity contribution in [3.63, 3.8) is 0 Å². The third-order valence-corrected chi connectivity index (χ3v) is 3.30. The topological polar surface area (TPSA) is 65.2 Å². The summed E-state index contributed by atoms with van der Waals surface area (Å²) in [5.74, 6) is 0.998. The van der Waals surface area contributed by atoms with Crippen molar-refractivity contribution < 1.29 is 14.1 Å². The second-order valence-electron chi connectivity index (χ2n) is 3.35. The average Bonchev–Trinajstić information content (AvgIpc) is 2.76. The Bertz CT molecular complexity index is 354. The van der Waals surface area contributed by atoms with Gasteiger partial charge in [0.2, 0.25) is 5.89 Å². The number of hydrogen-bond donors (Lipinski definition) is 0. The summed E-state index contributed by atoms with van der Waals surface area (Å²) in [5, 5.41) is 3.56. The van der Waals surface area contributed by atoms with Gasteiger partial charge in [-0.25, -0.2) is 0 Å². The molecule has 0 spiro atoms.